The van der Waals surface area contributed by atoms with Gasteiger partial charge in [0.15, 0.2) is 0 Å². The van der Waals surface area contributed by atoms with Crippen LogP contribution in [0.25, 0.3) is 0 Å². The Morgan fingerprint density at radius 2 is 2.00 bits per heavy atom. The van der Waals surface area contributed by atoms with E-state index in [1.807, 2.05) is 6.07 Å². The Balaban J connectivity index is 2.15. The lowest BCUT2D eigenvalue weighted by Crippen LogP contribution is -2.35. The molecule has 5 heteroatoms. The van der Waals surface area contributed by atoms with Crippen LogP contribution < -0.4 is 0 Å². The SMILES string of the molecule is N#CCC1CC(OC(F)(F)F)C1. The van der Waals surface area contributed by atoms with Crippen LogP contribution in [0.4, 0.5) is 13.2 Å². The molecule has 0 amide bonds. The summed E-state index contributed by atoms with van der Waals surface area (Å²) in [5.41, 5.74) is 0. The second-order valence-corrected chi connectivity index (χ2v) is 2.89. The number of hydrogen-bond donors (Lipinski definition) is 0. The van der Waals surface area contributed by atoms with Crippen LogP contribution in [0.5, 0.6) is 0 Å². The summed E-state index contributed by atoms with van der Waals surface area (Å²) in [4.78, 5) is 0. The molecule has 0 unspecified atom stereocenters. The van der Waals surface area contributed by atoms with Crippen LogP contribution in [0.15, 0.2) is 0 Å². The summed E-state index contributed by atoms with van der Waals surface area (Å²) in [6.45, 7) is 0. The van der Waals surface area contributed by atoms with Gasteiger partial charge in [-0.1, -0.05) is 0 Å². The molecule has 0 aromatic heterocycles. The smallest absolute Gasteiger partial charge is 0.289 e. The van der Waals surface area contributed by atoms with Gasteiger partial charge in [0.1, 0.15) is 0 Å². The summed E-state index contributed by atoms with van der Waals surface area (Å²) in [5, 5.41) is 8.21. The van der Waals surface area contributed by atoms with Gasteiger partial charge in [-0.2, -0.15) is 5.26 Å². The van der Waals surface area contributed by atoms with Gasteiger partial charge in [0.05, 0.1) is 12.2 Å². The summed E-state index contributed by atoms with van der Waals surface area (Å²) in [6.07, 6.45) is -4.21. The Morgan fingerprint density at radius 1 is 1.42 bits per heavy atom. The molecular formula is C7H8F3NO. The third kappa shape index (κ3) is 2.70. The average molecular weight is 179 g/mol. The summed E-state index contributed by atoms with van der Waals surface area (Å²) in [7, 11) is 0. The van der Waals surface area contributed by atoms with Crippen molar-refractivity contribution in [1.29, 1.82) is 5.26 Å². The van der Waals surface area contributed by atoms with E-state index in [0.29, 0.717) is 19.3 Å². The second kappa shape index (κ2) is 3.31. The molecule has 0 heterocycles. The Labute approximate surface area is 67.9 Å². The first kappa shape index (κ1) is 9.33. The minimum absolute atomic E-state index is 0.0994. The summed E-state index contributed by atoms with van der Waals surface area (Å²) in [6, 6.07) is 1.92. The molecule has 0 spiro atoms. The fraction of sp³-hybridized carbons (Fsp3) is 0.857. The number of rotatable bonds is 2. The molecule has 2 nitrogen and oxygen atoms in total. The van der Waals surface area contributed by atoms with Crippen molar-refractivity contribution in [1.82, 2.24) is 0 Å². The maximum atomic E-state index is 11.6. The lowest BCUT2D eigenvalue weighted by atomic mass is 9.80. The molecule has 0 radical (unpaired) electrons. The highest BCUT2D eigenvalue weighted by atomic mass is 19.4. The number of alkyl halides is 3. The van der Waals surface area contributed by atoms with E-state index in [1.54, 1.807) is 0 Å². The molecule has 1 saturated carbocycles. The van der Waals surface area contributed by atoms with E-state index >= 15 is 0 Å². The van der Waals surface area contributed by atoms with Crippen LogP contribution in [0.2, 0.25) is 0 Å². The lowest BCUT2D eigenvalue weighted by molar-refractivity contribution is -0.354. The van der Waals surface area contributed by atoms with E-state index in [9.17, 15) is 13.2 Å². The molecule has 12 heavy (non-hydrogen) atoms. The minimum Gasteiger partial charge on any atom is -0.289 e. The minimum atomic E-state index is -4.53. The van der Waals surface area contributed by atoms with Crippen LogP contribution in [0.1, 0.15) is 19.3 Å². The molecule has 0 saturated heterocycles. The van der Waals surface area contributed by atoms with Crippen LogP contribution in [0, 0.1) is 17.2 Å². The van der Waals surface area contributed by atoms with E-state index in [0.717, 1.165) is 0 Å². The second-order valence-electron chi connectivity index (χ2n) is 2.89. The molecule has 0 aromatic carbocycles. The Kier molecular flexibility index (Phi) is 2.58. The highest BCUT2D eigenvalue weighted by molar-refractivity contribution is 4.87. The third-order valence-electron chi connectivity index (χ3n) is 1.87. The van der Waals surface area contributed by atoms with E-state index in [1.165, 1.54) is 0 Å². The standard InChI is InChI=1S/C7H8F3NO/c8-7(9,10)12-6-3-5(4-6)1-2-11/h5-6H,1,3-4H2. The predicted molar refractivity (Wildman–Crippen MR) is 33.9 cm³/mol. The van der Waals surface area contributed by atoms with Crippen molar-refractivity contribution >= 4 is 0 Å². The average Bonchev–Trinajstić information content (AvgIpc) is 1.80. The first-order valence-corrected chi connectivity index (χ1v) is 3.63. The lowest BCUT2D eigenvalue weighted by Gasteiger charge is -2.33. The van der Waals surface area contributed by atoms with Crippen LogP contribution in [0.3, 0.4) is 0 Å². The van der Waals surface area contributed by atoms with Gasteiger partial charge in [-0.05, 0) is 18.8 Å². The Hall–Kier alpha value is -0.760. The van der Waals surface area contributed by atoms with E-state index in [-0.39, 0.29) is 5.92 Å². The molecule has 0 bridgehead atoms. The molecule has 0 aromatic rings. The number of hydrogen-bond acceptors (Lipinski definition) is 2. The van der Waals surface area contributed by atoms with E-state index < -0.39 is 12.5 Å². The number of nitriles is 1. The molecule has 0 atom stereocenters. The topological polar surface area (TPSA) is 33.0 Å². The van der Waals surface area contributed by atoms with Crippen molar-refractivity contribution in [3.8, 4) is 6.07 Å². The first-order chi connectivity index (χ1) is 5.51. The fourth-order valence-corrected chi connectivity index (χ4v) is 1.26. The Morgan fingerprint density at radius 3 is 2.42 bits per heavy atom. The maximum Gasteiger partial charge on any atom is 0.522 e. The predicted octanol–water partition coefficient (Wildman–Crippen LogP) is 2.22. The third-order valence-corrected chi connectivity index (χ3v) is 1.87. The van der Waals surface area contributed by atoms with Crippen LogP contribution in [-0.4, -0.2) is 12.5 Å². The molecule has 0 aliphatic heterocycles. The van der Waals surface area contributed by atoms with Gasteiger partial charge >= 0.3 is 6.36 Å². The molecule has 0 N–H and O–H groups in total. The van der Waals surface area contributed by atoms with Crippen molar-refractivity contribution in [2.24, 2.45) is 5.92 Å². The highest BCUT2D eigenvalue weighted by Gasteiger charge is 2.39. The van der Waals surface area contributed by atoms with Gasteiger partial charge < -0.3 is 0 Å². The van der Waals surface area contributed by atoms with Gasteiger partial charge in [-0.25, -0.2) is 0 Å². The largest absolute Gasteiger partial charge is 0.522 e. The molecule has 1 aliphatic carbocycles. The van der Waals surface area contributed by atoms with E-state index in [4.69, 9.17) is 5.26 Å². The van der Waals surface area contributed by atoms with Crippen LogP contribution >= 0.6 is 0 Å². The normalized spacial score (nSPS) is 29.2. The van der Waals surface area contributed by atoms with Crippen molar-refractivity contribution < 1.29 is 17.9 Å². The fourth-order valence-electron chi connectivity index (χ4n) is 1.26. The van der Waals surface area contributed by atoms with Gasteiger partial charge in [0.25, 0.3) is 0 Å². The summed E-state index contributed by atoms with van der Waals surface area (Å²) >= 11 is 0. The number of ether oxygens (including phenoxy) is 1. The quantitative estimate of drug-likeness (QED) is 0.651. The van der Waals surface area contributed by atoms with Crippen LogP contribution in [-0.2, 0) is 4.74 Å². The molecular weight excluding hydrogens is 171 g/mol. The Bertz CT molecular complexity index is 190. The van der Waals surface area contributed by atoms with Gasteiger partial charge in [-0.3, -0.25) is 4.74 Å². The van der Waals surface area contributed by atoms with E-state index in [2.05, 4.69) is 4.74 Å². The summed E-state index contributed by atoms with van der Waals surface area (Å²) < 4.78 is 38.4. The first-order valence-electron chi connectivity index (χ1n) is 3.63. The number of halogens is 3. The van der Waals surface area contributed by atoms with Crippen molar-refractivity contribution in [3.05, 3.63) is 0 Å². The molecule has 1 rings (SSSR count). The van der Waals surface area contributed by atoms with Crippen molar-refractivity contribution in [2.75, 3.05) is 0 Å². The number of nitrogens with zero attached hydrogens (tertiary/aromatic N) is 1. The van der Waals surface area contributed by atoms with Gasteiger partial charge in [0, 0.05) is 6.42 Å². The summed E-state index contributed by atoms with van der Waals surface area (Å²) in [5.74, 6) is 0.0994. The molecule has 1 aliphatic rings. The molecule has 68 valence electrons. The highest BCUT2D eigenvalue weighted by Crippen LogP contribution is 2.36. The van der Waals surface area contributed by atoms with Gasteiger partial charge in [-0.15, -0.1) is 13.2 Å². The maximum absolute atomic E-state index is 11.6. The zero-order chi connectivity index (χ0) is 9.19. The van der Waals surface area contributed by atoms with Gasteiger partial charge in [0.2, 0.25) is 0 Å². The van der Waals surface area contributed by atoms with Crippen molar-refractivity contribution in [2.45, 2.75) is 31.7 Å². The zero-order valence-corrected chi connectivity index (χ0v) is 6.27. The monoisotopic (exact) mass is 179 g/mol. The zero-order valence-electron chi connectivity index (χ0n) is 6.27. The van der Waals surface area contributed by atoms with Crippen molar-refractivity contribution in [3.63, 3.8) is 0 Å². The molecule has 1 fully saturated rings.